The van der Waals surface area contributed by atoms with Gasteiger partial charge in [0.15, 0.2) is 0 Å². The summed E-state index contributed by atoms with van der Waals surface area (Å²) in [6.45, 7) is 5.90. The normalized spacial score (nSPS) is 10.7. The molecule has 10 heteroatoms. The molecule has 0 amide bonds. The first-order valence-electron chi connectivity index (χ1n) is 11.0. The quantitative estimate of drug-likeness (QED) is 0.113. The zero-order valence-electron chi connectivity index (χ0n) is 19.2. The Hall–Kier alpha value is -2.37. The van der Waals surface area contributed by atoms with E-state index in [9.17, 15) is 14.4 Å². The third-order valence-electron chi connectivity index (χ3n) is 3.93. The fourth-order valence-electron chi connectivity index (χ4n) is 2.34. The molecule has 0 saturated carbocycles. The molecule has 33 heavy (non-hydrogen) atoms. The molecule has 0 bridgehead atoms. The summed E-state index contributed by atoms with van der Waals surface area (Å²) in [5.74, 6) is -1.84. The van der Waals surface area contributed by atoms with E-state index >= 15 is 0 Å². The van der Waals surface area contributed by atoms with Gasteiger partial charge in [-0.05, 0) is 6.92 Å². The van der Waals surface area contributed by atoms with Crippen LogP contribution < -0.4 is 0 Å². The lowest BCUT2D eigenvalue weighted by Gasteiger charge is -2.08. The number of ketones is 1. The predicted molar refractivity (Wildman–Crippen MR) is 117 cm³/mol. The Morgan fingerprint density at radius 1 is 0.606 bits per heavy atom. The number of carbonyl (C=O) groups excluding carboxylic acids is 3. The molecule has 1 aromatic carbocycles. The van der Waals surface area contributed by atoms with Gasteiger partial charge < -0.3 is 33.2 Å². The molecule has 0 radical (unpaired) electrons. The van der Waals surface area contributed by atoms with Crippen molar-refractivity contribution < 1.29 is 47.5 Å². The van der Waals surface area contributed by atoms with Crippen molar-refractivity contribution in [3.05, 3.63) is 35.9 Å². The molecule has 0 aromatic heterocycles. The van der Waals surface area contributed by atoms with Gasteiger partial charge in [-0.1, -0.05) is 30.3 Å². The largest absolute Gasteiger partial charge is 0.466 e. The molecule has 0 saturated heterocycles. The molecular weight excluding hydrogens is 436 g/mol. The number of rotatable bonds is 21. The highest BCUT2D eigenvalue weighted by molar-refractivity contribution is 6.40. The number of benzene rings is 1. The van der Waals surface area contributed by atoms with Gasteiger partial charge in [-0.15, -0.1) is 0 Å². The zero-order valence-corrected chi connectivity index (χ0v) is 19.2. The SMILES string of the molecule is CCOC(=O)CCOCCOCCOCCOCCOCCOC(=O)C(=O)c1ccccc1. The van der Waals surface area contributed by atoms with E-state index in [1.54, 1.807) is 37.3 Å². The molecule has 0 aliphatic rings. The van der Waals surface area contributed by atoms with Gasteiger partial charge in [0.1, 0.15) is 6.61 Å². The maximum absolute atomic E-state index is 11.8. The Bertz CT molecular complexity index is 650. The van der Waals surface area contributed by atoms with Crippen molar-refractivity contribution in [1.29, 1.82) is 0 Å². The number of hydrogen-bond donors (Lipinski definition) is 0. The second-order valence-electron chi connectivity index (χ2n) is 6.45. The fourth-order valence-corrected chi connectivity index (χ4v) is 2.34. The van der Waals surface area contributed by atoms with Gasteiger partial charge in [-0.25, -0.2) is 4.79 Å². The first-order valence-corrected chi connectivity index (χ1v) is 11.0. The lowest BCUT2D eigenvalue weighted by atomic mass is 10.1. The minimum absolute atomic E-state index is 0.00302. The highest BCUT2D eigenvalue weighted by Crippen LogP contribution is 2.01. The van der Waals surface area contributed by atoms with E-state index in [4.69, 9.17) is 33.2 Å². The molecule has 0 heterocycles. The average Bonchev–Trinajstić information content (AvgIpc) is 2.83. The van der Waals surface area contributed by atoms with Gasteiger partial charge in [0.05, 0.1) is 79.1 Å². The summed E-state index contributed by atoms with van der Waals surface area (Å²) in [7, 11) is 0. The van der Waals surface area contributed by atoms with Crippen LogP contribution in [0, 0.1) is 0 Å². The van der Waals surface area contributed by atoms with Gasteiger partial charge >= 0.3 is 11.9 Å². The Morgan fingerprint density at radius 3 is 1.55 bits per heavy atom. The third kappa shape index (κ3) is 16.0. The second-order valence-corrected chi connectivity index (χ2v) is 6.45. The summed E-state index contributed by atoms with van der Waals surface area (Å²) in [6, 6.07) is 8.23. The minimum atomic E-state index is -0.899. The second kappa shape index (κ2) is 20.3. The molecule has 0 atom stereocenters. The number of Topliss-reactive ketones (excluding diaryl/α,β-unsaturated/α-hetero) is 1. The maximum atomic E-state index is 11.8. The molecule has 10 nitrogen and oxygen atoms in total. The highest BCUT2D eigenvalue weighted by Gasteiger charge is 2.17. The lowest BCUT2D eigenvalue weighted by Crippen LogP contribution is -2.20. The van der Waals surface area contributed by atoms with Crippen molar-refractivity contribution in [3.8, 4) is 0 Å². The summed E-state index contributed by atoms with van der Waals surface area (Å²) in [5, 5.41) is 0. The van der Waals surface area contributed by atoms with Crippen LogP contribution in [0.2, 0.25) is 0 Å². The van der Waals surface area contributed by atoms with Gasteiger partial charge in [0.25, 0.3) is 5.78 Å². The molecule has 0 aliphatic carbocycles. The Morgan fingerprint density at radius 2 is 1.06 bits per heavy atom. The summed E-state index contributed by atoms with van der Waals surface area (Å²) in [6.07, 6.45) is 0.241. The topological polar surface area (TPSA) is 116 Å². The number of ether oxygens (including phenoxy) is 7. The van der Waals surface area contributed by atoms with Crippen molar-refractivity contribution in [1.82, 2.24) is 0 Å². The van der Waals surface area contributed by atoms with Crippen LogP contribution in [0.15, 0.2) is 30.3 Å². The summed E-state index contributed by atoms with van der Waals surface area (Å²) in [4.78, 5) is 34.6. The van der Waals surface area contributed by atoms with Gasteiger partial charge in [0, 0.05) is 5.56 Å². The summed E-state index contributed by atoms with van der Waals surface area (Å²) >= 11 is 0. The molecule has 1 rings (SSSR count). The molecular formula is C23H34O10. The van der Waals surface area contributed by atoms with E-state index < -0.39 is 11.8 Å². The molecule has 0 unspecified atom stereocenters. The first-order chi connectivity index (χ1) is 16.1. The van der Waals surface area contributed by atoms with Crippen molar-refractivity contribution in [2.24, 2.45) is 0 Å². The number of carbonyl (C=O) groups is 3. The van der Waals surface area contributed by atoms with Crippen molar-refractivity contribution in [2.75, 3.05) is 79.3 Å². The van der Waals surface area contributed by atoms with Crippen LogP contribution in [0.5, 0.6) is 0 Å². The van der Waals surface area contributed by atoms with E-state index in [0.29, 0.717) is 71.6 Å². The first kappa shape index (κ1) is 28.7. The van der Waals surface area contributed by atoms with Crippen LogP contribution in [-0.2, 0) is 42.7 Å². The molecule has 0 spiro atoms. The smallest absolute Gasteiger partial charge is 0.379 e. The monoisotopic (exact) mass is 470 g/mol. The average molecular weight is 471 g/mol. The summed E-state index contributed by atoms with van der Waals surface area (Å²) in [5.41, 5.74) is 0.294. The molecule has 0 N–H and O–H groups in total. The minimum Gasteiger partial charge on any atom is -0.466 e. The van der Waals surface area contributed by atoms with E-state index in [0.717, 1.165) is 0 Å². The van der Waals surface area contributed by atoms with Gasteiger partial charge in [0.2, 0.25) is 0 Å². The van der Waals surface area contributed by atoms with E-state index in [1.807, 2.05) is 0 Å². The van der Waals surface area contributed by atoms with E-state index in [2.05, 4.69) is 0 Å². The fraction of sp³-hybridized carbons (Fsp3) is 0.609. The molecule has 0 aliphatic heterocycles. The van der Waals surface area contributed by atoms with Crippen LogP contribution in [0.3, 0.4) is 0 Å². The molecule has 0 fully saturated rings. The van der Waals surface area contributed by atoms with Crippen LogP contribution >= 0.6 is 0 Å². The Labute approximate surface area is 194 Å². The van der Waals surface area contributed by atoms with Crippen molar-refractivity contribution >= 4 is 17.7 Å². The maximum Gasteiger partial charge on any atom is 0.379 e. The van der Waals surface area contributed by atoms with Crippen LogP contribution in [0.1, 0.15) is 23.7 Å². The van der Waals surface area contributed by atoms with Crippen LogP contribution in [0.25, 0.3) is 0 Å². The van der Waals surface area contributed by atoms with E-state index in [1.165, 1.54) is 0 Å². The van der Waals surface area contributed by atoms with Crippen molar-refractivity contribution in [3.63, 3.8) is 0 Å². The van der Waals surface area contributed by atoms with E-state index in [-0.39, 0.29) is 25.6 Å². The van der Waals surface area contributed by atoms with Gasteiger partial charge in [-0.3, -0.25) is 9.59 Å². The zero-order chi connectivity index (χ0) is 24.0. The summed E-state index contributed by atoms with van der Waals surface area (Å²) < 4.78 is 36.3. The number of hydrogen-bond acceptors (Lipinski definition) is 10. The molecule has 186 valence electrons. The van der Waals surface area contributed by atoms with Crippen LogP contribution in [0.4, 0.5) is 0 Å². The van der Waals surface area contributed by atoms with Crippen LogP contribution in [-0.4, -0.2) is 97.0 Å². The Kier molecular flexibility index (Phi) is 17.6. The Balaban J connectivity index is 1.78. The number of esters is 2. The third-order valence-corrected chi connectivity index (χ3v) is 3.93. The predicted octanol–water partition coefficient (Wildman–Crippen LogP) is 1.45. The standard InChI is InChI=1S/C23H34O10/c1-2-32-21(24)8-9-27-10-11-28-12-13-29-14-15-30-16-17-31-18-19-33-23(26)22(25)20-6-4-3-5-7-20/h3-7H,2,8-19H2,1H3. The van der Waals surface area contributed by atoms with Gasteiger partial charge in [-0.2, -0.15) is 0 Å². The van der Waals surface area contributed by atoms with Crippen molar-refractivity contribution in [2.45, 2.75) is 13.3 Å². The molecule has 1 aromatic rings. The lowest BCUT2D eigenvalue weighted by molar-refractivity contribution is -0.144. The highest BCUT2D eigenvalue weighted by atomic mass is 16.6.